The summed E-state index contributed by atoms with van der Waals surface area (Å²) in [6.45, 7) is 2.67. The number of nitro benzene ring substituents is 1. The van der Waals surface area contributed by atoms with E-state index in [1.54, 1.807) is 12.1 Å². The van der Waals surface area contributed by atoms with Gasteiger partial charge in [0.2, 0.25) is 0 Å². The van der Waals surface area contributed by atoms with E-state index in [9.17, 15) is 10.1 Å². The van der Waals surface area contributed by atoms with Crippen molar-refractivity contribution in [3.63, 3.8) is 0 Å². The van der Waals surface area contributed by atoms with Gasteiger partial charge in [-0.05, 0) is 43.0 Å². The second kappa shape index (κ2) is 7.13. The van der Waals surface area contributed by atoms with Gasteiger partial charge in [0.25, 0.3) is 5.69 Å². The second-order valence-corrected chi connectivity index (χ2v) is 5.83. The predicted octanol–water partition coefficient (Wildman–Crippen LogP) is 3.89. The molecule has 120 valence electrons. The topological polar surface area (TPSA) is 55.6 Å². The molecule has 1 aliphatic heterocycles. The lowest BCUT2D eigenvalue weighted by Gasteiger charge is -2.33. The van der Waals surface area contributed by atoms with Crippen molar-refractivity contribution in [2.75, 3.05) is 24.6 Å². The number of nitro groups is 1. The third-order valence-corrected chi connectivity index (χ3v) is 4.27. The molecular weight excluding hydrogens is 292 g/mol. The third kappa shape index (κ3) is 4.00. The standard InChI is InChI=1S/C18H20N2O3/c21-20(22)17-8-6-16(7-9-17)19-12-10-15(11-13-19)14-23-18-4-2-1-3-5-18/h1-9,15H,10-14H2. The molecule has 0 unspecified atom stereocenters. The molecule has 5 nitrogen and oxygen atoms in total. The van der Waals surface area contributed by atoms with Crippen LogP contribution in [-0.4, -0.2) is 24.6 Å². The van der Waals surface area contributed by atoms with E-state index in [-0.39, 0.29) is 10.6 Å². The highest BCUT2D eigenvalue weighted by Crippen LogP contribution is 2.25. The molecule has 0 atom stereocenters. The van der Waals surface area contributed by atoms with E-state index in [2.05, 4.69) is 4.90 Å². The van der Waals surface area contributed by atoms with Crippen LogP contribution < -0.4 is 9.64 Å². The Balaban J connectivity index is 1.49. The molecule has 2 aromatic carbocycles. The van der Waals surface area contributed by atoms with Crippen molar-refractivity contribution in [3.05, 3.63) is 64.7 Å². The van der Waals surface area contributed by atoms with Crippen LogP contribution in [0.4, 0.5) is 11.4 Å². The van der Waals surface area contributed by atoms with E-state index >= 15 is 0 Å². The Hall–Kier alpha value is -2.56. The van der Waals surface area contributed by atoms with Crippen molar-refractivity contribution in [2.24, 2.45) is 5.92 Å². The van der Waals surface area contributed by atoms with Gasteiger partial charge in [-0.1, -0.05) is 18.2 Å². The monoisotopic (exact) mass is 312 g/mol. The van der Waals surface area contributed by atoms with Gasteiger partial charge >= 0.3 is 0 Å². The summed E-state index contributed by atoms with van der Waals surface area (Å²) in [5.41, 5.74) is 1.19. The van der Waals surface area contributed by atoms with Crippen LogP contribution in [0.5, 0.6) is 5.75 Å². The molecular formula is C18H20N2O3. The maximum atomic E-state index is 10.7. The van der Waals surface area contributed by atoms with E-state index in [1.807, 2.05) is 42.5 Å². The number of anilines is 1. The van der Waals surface area contributed by atoms with Crippen LogP contribution in [0.3, 0.4) is 0 Å². The van der Waals surface area contributed by atoms with Crippen molar-refractivity contribution < 1.29 is 9.66 Å². The highest BCUT2D eigenvalue weighted by Gasteiger charge is 2.20. The molecule has 0 bridgehead atoms. The molecule has 0 N–H and O–H groups in total. The number of hydrogen-bond acceptors (Lipinski definition) is 4. The number of para-hydroxylation sites is 1. The van der Waals surface area contributed by atoms with Crippen LogP contribution in [0.25, 0.3) is 0 Å². The number of ether oxygens (including phenoxy) is 1. The lowest BCUT2D eigenvalue weighted by molar-refractivity contribution is -0.384. The second-order valence-electron chi connectivity index (χ2n) is 5.83. The lowest BCUT2D eigenvalue weighted by Crippen LogP contribution is -2.35. The minimum absolute atomic E-state index is 0.139. The van der Waals surface area contributed by atoms with Crippen LogP contribution in [0.15, 0.2) is 54.6 Å². The quantitative estimate of drug-likeness (QED) is 0.621. The zero-order valence-electron chi connectivity index (χ0n) is 12.9. The van der Waals surface area contributed by atoms with Crippen LogP contribution in [0.1, 0.15) is 12.8 Å². The first-order valence-corrected chi connectivity index (χ1v) is 7.89. The zero-order valence-corrected chi connectivity index (χ0v) is 12.9. The molecule has 23 heavy (non-hydrogen) atoms. The first-order chi connectivity index (χ1) is 11.2. The van der Waals surface area contributed by atoms with Crippen LogP contribution >= 0.6 is 0 Å². The van der Waals surface area contributed by atoms with Crippen molar-refractivity contribution in [3.8, 4) is 5.75 Å². The maximum absolute atomic E-state index is 10.7. The molecule has 0 radical (unpaired) electrons. The summed E-state index contributed by atoms with van der Waals surface area (Å²) in [6.07, 6.45) is 2.15. The van der Waals surface area contributed by atoms with Crippen LogP contribution in [0, 0.1) is 16.0 Å². The summed E-state index contributed by atoms with van der Waals surface area (Å²) >= 11 is 0. The normalized spacial score (nSPS) is 15.4. The van der Waals surface area contributed by atoms with Gasteiger partial charge in [-0.25, -0.2) is 0 Å². The molecule has 0 amide bonds. The summed E-state index contributed by atoms with van der Waals surface area (Å²) in [4.78, 5) is 12.6. The van der Waals surface area contributed by atoms with Crippen LogP contribution in [0.2, 0.25) is 0 Å². The number of piperidine rings is 1. The Labute approximate surface area is 135 Å². The molecule has 1 aliphatic rings. The van der Waals surface area contributed by atoms with E-state index in [0.29, 0.717) is 5.92 Å². The Bertz CT molecular complexity index is 635. The van der Waals surface area contributed by atoms with Gasteiger partial charge in [0.15, 0.2) is 0 Å². The molecule has 0 spiro atoms. The fourth-order valence-electron chi connectivity index (χ4n) is 2.87. The Kier molecular flexibility index (Phi) is 4.76. The molecule has 5 heteroatoms. The van der Waals surface area contributed by atoms with Gasteiger partial charge in [0, 0.05) is 30.9 Å². The molecule has 2 aromatic rings. The number of rotatable bonds is 5. The van der Waals surface area contributed by atoms with E-state index < -0.39 is 0 Å². The Morgan fingerprint density at radius 2 is 1.70 bits per heavy atom. The summed E-state index contributed by atoms with van der Waals surface area (Å²) in [6, 6.07) is 16.7. The van der Waals surface area contributed by atoms with Gasteiger partial charge in [-0.15, -0.1) is 0 Å². The number of non-ortho nitro benzene ring substituents is 1. The number of hydrogen-bond donors (Lipinski definition) is 0. The van der Waals surface area contributed by atoms with E-state index in [1.165, 1.54) is 0 Å². The summed E-state index contributed by atoms with van der Waals surface area (Å²) in [5, 5.41) is 10.7. The average molecular weight is 312 g/mol. The van der Waals surface area contributed by atoms with Gasteiger partial charge in [0.05, 0.1) is 11.5 Å². The summed E-state index contributed by atoms with van der Waals surface area (Å²) in [5.74, 6) is 1.48. The fraction of sp³-hybridized carbons (Fsp3) is 0.333. The Morgan fingerprint density at radius 3 is 2.30 bits per heavy atom. The van der Waals surface area contributed by atoms with E-state index in [4.69, 9.17) is 4.74 Å². The summed E-state index contributed by atoms with van der Waals surface area (Å²) in [7, 11) is 0. The van der Waals surface area contributed by atoms with Crippen molar-refractivity contribution in [2.45, 2.75) is 12.8 Å². The lowest BCUT2D eigenvalue weighted by atomic mass is 9.97. The first-order valence-electron chi connectivity index (χ1n) is 7.89. The highest BCUT2D eigenvalue weighted by molar-refractivity contribution is 5.51. The molecule has 0 saturated carbocycles. The highest BCUT2D eigenvalue weighted by atomic mass is 16.6. The molecule has 3 rings (SSSR count). The smallest absolute Gasteiger partial charge is 0.269 e. The van der Waals surface area contributed by atoms with E-state index in [0.717, 1.165) is 44.0 Å². The minimum Gasteiger partial charge on any atom is -0.493 e. The SMILES string of the molecule is O=[N+]([O-])c1ccc(N2CCC(COc3ccccc3)CC2)cc1. The third-order valence-electron chi connectivity index (χ3n) is 4.27. The molecule has 1 saturated heterocycles. The minimum atomic E-state index is -0.364. The van der Waals surface area contributed by atoms with Crippen molar-refractivity contribution in [1.29, 1.82) is 0 Å². The fourth-order valence-corrected chi connectivity index (χ4v) is 2.87. The molecule has 0 aliphatic carbocycles. The number of nitrogens with zero attached hydrogens (tertiary/aromatic N) is 2. The summed E-state index contributed by atoms with van der Waals surface area (Å²) < 4.78 is 5.84. The molecule has 1 heterocycles. The maximum Gasteiger partial charge on any atom is 0.269 e. The number of benzene rings is 2. The zero-order chi connectivity index (χ0) is 16.1. The molecule has 0 aromatic heterocycles. The first kappa shape index (κ1) is 15.3. The van der Waals surface area contributed by atoms with Gasteiger partial charge in [-0.2, -0.15) is 0 Å². The predicted molar refractivity (Wildman–Crippen MR) is 90.0 cm³/mol. The van der Waals surface area contributed by atoms with Gasteiger partial charge in [0.1, 0.15) is 5.75 Å². The van der Waals surface area contributed by atoms with Gasteiger partial charge < -0.3 is 9.64 Å². The largest absolute Gasteiger partial charge is 0.493 e. The molecule has 1 fully saturated rings. The van der Waals surface area contributed by atoms with Crippen molar-refractivity contribution >= 4 is 11.4 Å². The average Bonchev–Trinajstić information content (AvgIpc) is 2.61. The van der Waals surface area contributed by atoms with Gasteiger partial charge in [-0.3, -0.25) is 10.1 Å². The Morgan fingerprint density at radius 1 is 1.04 bits per heavy atom. The van der Waals surface area contributed by atoms with Crippen molar-refractivity contribution in [1.82, 2.24) is 0 Å². The van der Waals surface area contributed by atoms with Crippen LogP contribution in [-0.2, 0) is 0 Å².